The summed E-state index contributed by atoms with van der Waals surface area (Å²) in [4.78, 5) is 29.8. The summed E-state index contributed by atoms with van der Waals surface area (Å²) in [5.41, 5.74) is 1.50. The van der Waals surface area contributed by atoms with Crippen LogP contribution < -0.4 is 19.1 Å². The first kappa shape index (κ1) is 35.6. The fourth-order valence-electron chi connectivity index (χ4n) is 4.99. The van der Waals surface area contributed by atoms with E-state index in [1.165, 1.54) is 37.3 Å². The maximum atomic E-state index is 14.6. The first-order valence-electron chi connectivity index (χ1n) is 14.8. The van der Waals surface area contributed by atoms with Gasteiger partial charge in [-0.05, 0) is 61.4 Å². The minimum atomic E-state index is -4.34. The van der Waals surface area contributed by atoms with Gasteiger partial charge in [-0.15, -0.1) is 0 Å². The Kier molecular flexibility index (Phi) is 12.1. The number of nitrogens with one attached hydrogen (secondary N) is 1. The van der Waals surface area contributed by atoms with E-state index in [1.807, 2.05) is 44.2 Å². The van der Waals surface area contributed by atoms with Crippen molar-refractivity contribution in [2.45, 2.75) is 43.8 Å². The lowest BCUT2D eigenvalue weighted by atomic mass is 10.0. The molecular weight excluding hydrogens is 661 g/mol. The number of benzene rings is 4. The van der Waals surface area contributed by atoms with Crippen molar-refractivity contribution in [2.24, 2.45) is 0 Å². The fraction of sp³-hybridized carbons (Fsp3) is 0.257. The minimum absolute atomic E-state index is 0.0351. The summed E-state index contributed by atoms with van der Waals surface area (Å²) >= 11 is 12.5. The number of nitrogens with zero attached hydrogens (tertiary/aromatic N) is 2. The SMILES string of the molecule is COc1ccc(OC)c(N(CC(=O)N(Cc2ccc(Cl)c(Cl)c2)[C@H](Cc2ccccc2)C(=O)NC(C)C)S(=O)(=O)c2ccccc2)c1. The number of hydrogen-bond acceptors (Lipinski definition) is 6. The molecule has 0 bridgehead atoms. The first-order valence-corrected chi connectivity index (χ1v) is 17.0. The molecule has 0 radical (unpaired) electrons. The lowest BCUT2D eigenvalue weighted by molar-refractivity contribution is -0.140. The van der Waals surface area contributed by atoms with E-state index in [0.717, 1.165) is 9.87 Å². The van der Waals surface area contributed by atoms with Gasteiger partial charge in [0.05, 0.1) is 34.8 Å². The molecule has 0 aliphatic rings. The van der Waals surface area contributed by atoms with Gasteiger partial charge in [0.2, 0.25) is 11.8 Å². The van der Waals surface area contributed by atoms with Crippen LogP contribution in [0.15, 0.2) is 102 Å². The maximum Gasteiger partial charge on any atom is 0.264 e. The molecule has 0 unspecified atom stereocenters. The van der Waals surface area contributed by atoms with Crippen LogP contribution in [0.2, 0.25) is 10.0 Å². The van der Waals surface area contributed by atoms with Crippen molar-refractivity contribution in [3.8, 4) is 11.5 Å². The van der Waals surface area contributed by atoms with E-state index >= 15 is 0 Å². The lowest BCUT2D eigenvalue weighted by Crippen LogP contribution is -2.54. The molecule has 248 valence electrons. The van der Waals surface area contributed by atoms with Crippen LogP contribution in [0.4, 0.5) is 5.69 Å². The molecule has 0 saturated carbocycles. The maximum absolute atomic E-state index is 14.6. The number of methoxy groups -OCH3 is 2. The monoisotopic (exact) mass is 697 g/mol. The summed E-state index contributed by atoms with van der Waals surface area (Å²) in [7, 11) is -1.48. The molecule has 0 aliphatic carbocycles. The number of ether oxygens (including phenoxy) is 2. The van der Waals surface area contributed by atoms with Gasteiger partial charge in [-0.2, -0.15) is 0 Å². The Labute approximate surface area is 286 Å². The Morgan fingerprint density at radius 3 is 2.06 bits per heavy atom. The molecule has 0 fully saturated rings. The highest BCUT2D eigenvalue weighted by Gasteiger charge is 2.36. The third-order valence-corrected chi connectivity index (χ3v) is 9.82. The molecule has 4 aromatic rings. The molecule has 0 saturated heterocycles. The van der Waals surface area contributed by atoms with E-state index in [2.05, 4.69) is 5.32 Å². The molecule has 0 aliphatic heterocycles. The smallest absolute Gasteiger partial charge is 0.264 e. The third-order valence-electron chi connectivity index (χ3n) is 7.30. The molecule has 4 aromatic carbocycles. The van der Waals surface area contributed by atoms with Crippen LogP contribution in [0.3, 0.4) is 0 Å². The zero-order valence-electron chi connectivity index (χ0n) is 26.5. The third kappa shape index (κ3) is 8.97. The summed E-state index contributed by atoms with van der Waals surface area (Å²) in [6, 6.07) is 25.4. The molecule has 4 rings (SSSR count). The van der Waals surface area contributed by atoms with Crippen LogP contribution in [0, 0.1) is 0 Å². The van der Waals surface area contributed by atoms with E-state index < -0.39 is 34.4 Å². The Morgan fingerprint density at radius 1 is 0.809 bits per heavy atom. The van der Waals surface area contributed by atoms with Crippen LogP contribution in [-0.2, 0) is 32.6 Å². The number of hydrogen-bond donors (Lipinski definition) is 1. The summed E-state index contributed by atoms with van der Waals surface area (Å²) in [5, 5.41) is 3.54. The topological polar surface area (TPSA) is 105 Å². The Hall–Kier alpha value is -4.25. The Morgan fingerprint density at radius 2 is 1.47 bits per heavy atom. The minimum Gasteiger partial charge on any atom is -0.497 e. The van der Waals surface area contributed by atoms with E-state index in [0.29, 0.717) is 16.3 Å². The van der Waals surface area contributed by atoms with Gasteiger partial charge >= 0.3 is 0 Å². The highest BCUT2D eigenvalue weighted by Crippen LogP contribution is 2.36. The van der Waals surface area contributed by atoms with Crippen molar-refractivity contribution in [3.63, 3.8) is 0 Å². The predicted octanol–water partition coefficient (Wildman–Crippen LogP) is 6.37. The van der Waals surface area contributed by atoms with Crippen molar-refractivity contribution >= 4 is 50.7 Å². The van der Waals surface area contributed by atoms with E-state index in [9.17, 15) is 18.0 Å². The van der Waals surface area contributed by atoms with Crippen molar-refractivity contribution in [3.05, 3.63) is 118 Å². The summed E-state index contributed by atoms with van der Waals surface area (Å²) in [5.74, 6) is -0.478. The number of carbonyl (C=O) groups excluding carboxylic acids is 2. The fourth-order valence-corrected chi connectivity index (χ4v) is 6.75. The molecule has 9 nitrogen and oxygen atoms in total. The van der Waals surface area contributed by atoms with Crippen LogP contribution in [-0.4, -0.2) is 58.0 Å². The number of rotatable bonds is 14. The zero-order chi connectivity index (χ0) is 34.1. The van der Waals surface area contributed by atoms with Crippen molar-refractivity contribution in [2.75, 3.05) is 25.1 Å². The second-order valence-corrected chi connectivity index (χ2v) is 13.7. The summed E-state index contributed by atoms with van der Waals surface area (Å²) in [6.07, 6.45) is 0.167. The quantitative estimate of drug-likeness (QED) is 0.164. The number of amides is 2. The second kappa shape index (κ2) is 16.0. The molecule has 0 spiro atoms. The predicted molar refractivity (Wildman–Crippen MR) is 185 cm³/mol. The number of halogens is 2. The normalized spacial score (nSPS) is 11.9. The zero-order valence-corrected chi connectivity index (χ0v) is 28.9. The summed E-state index contributed by atoms with van der Waals surface area (Å²) < 4.78 is 40.5. The van der Waals surface area contributed by atoms with E-state index in [4.69, 9.17) is 32.7 Å². The van der Waals surface area contributed by atoms with Crippen molar-refractivity contribution in [1.29, 1.82) is 0 Å². The average Bonchev–Trinajstić information content (AvgIpc) is 3.06. The van der Waals surface area contributed by atoms with Gasteiger partial charge < -0.3 is 19.7 Å². The highest BCUT2D eigenvalue weighted by molar-refractivity contribution is 7.92. The first-order chi connectivity index (χ1) is 22.4. The van der Waals surface area contributed by atoms with Crippen LogP contribution in [0.5, 0.6) is 11.5 Å². The van der Waals surface area contributed by atoms with Gasteiger partial charge in [0, 0.05) is 25.1 Å². The van der Waals surface area contributed by atoms with Gasteiger partial charge in [0.1, 0.15) is 24.1 Å². The van der Waals surface area contributed by atoms with Gasteiger partial charge in [-0.25, -0.2) is 8.42 Å². The van der Waals surface area contributed by atoms with Crippen molar-refractivity contribution < 1.29 is 27.5 Å². The number of sulfonamides is 1. The molecule has 1 N–H and O–H groups in total. The molecule has 0 aromatic heterocycles. The molecule has 2 amide bonds. The largest absolute Gasteiger partial charge is 0.497 e. The number of anilines is 1. The Balaban J connectivity index is 1.87. The van der Waals surface area contributed by atoms with Gasteiger partial charge in [-0.1, -0.05) is 77.8 Å². The van der Waals surface area contributed by atoms with E-state index in [1.54, 1.807) is 48.5 Å². The Bertz CT molecular complexity index is 1790. The van der Waals surface area contributed by atoms with E-state index in [-0.39, 0.29) is 40.4 Å². The molecular formula is C35H37Cl2N3O6S. The highest BCUT2D eigenvalue weighted by atomic mass is 35.5. The van der Waals surface area contributed by atoms with Gasteiger partial charge in [0.25, 0.3) is 10.0 Å². The molecule has 0 heterocycles. The van der Waals surface area contributed by atoms with Crippen molar-refractivity contribution in [1.82, 2.24) is 10.2 Å². The average molecular weight is 699 g/mol. The standard InChI is InChI=1S/C35H37Cl2N3O6S/c1-24(2)38-35(42)32(20-25-11-7-5-8-12-25)39(22-26-15-17-29(36)30(37)19-26)34(41)23-40(47(43,44)28-13-9-6-10-14-28)31-21-27(45-3)16-18-33(31)46-4/h5-19,21,24,32H,20,22-23H2,1-4H3,(H,38,42)/t32-/m1/s1. The van der Waals surface area contributed by atoms with Crippen LogP contribution in [0.25, 0.3) is 0 Å². The number of carbonyl (C=O) groups is 2. The summed E-state index contributed by atoms with van der Waals surface area (Å²) in [6.45, 7) is 2.92. The van der Waals surface area contributed by atoms with Crippen LogP contribution in [0.1, 0.15) is 25.0 Å². The molecule has 12 heteroatoms. The molecule has 47 heavy (non-hydrogen) atoms. The lowest BCUT2D eigenvalue weighted by Gasteiger charge is -2.34. The van der Waals surface area contributed by atoms with Gasteiger partial charge in [0.15, 0.2) is 0 Å². The van der Waals surface area contributed by atoms with Gasteiger partial charge in [-0.3, -0.25) is 13.9 Å². The van der Waals surface area contributed by atoms with Crippen LogP contribution >= 0.6 is 23.2 Å². The second-order valence-electron chi connectivity index (χ2n) is 11.0. The molecule has 1 atom stereocenters.